The van der Waals surface area contributed by atoms with E-state index in [2.05, 4.69) is 148 Å². The molecule has 10 heteroatoms. The first kappa shape index (κ1) is 82.1. The van der Waals surface area contributed by atoms with E-state index in [1.165, 1.54) is 141 Å². The van der Waals surface area contributed by atoms with Crippen molar-refractivity contribution in [3.8, 4) is 0 Å². The molecule has 2 atom stereocenters. The first-order valence-corrected chi connectivity index (χ1v) is 36.4. The largest absolute Gasteiger partial charge is 0.472 e. The first-order valence-electron chi connectivity index (χ1n) is 34.9. The standard InChI is InChI=1S/C76H130NO8P/c1-6-8-10-12-14-16-18-20-22-24-26-28-30-32-34-36-37-38-39-41-43-45-47-49-51-53-55-57-59-61-63-65-67-69-76(79)85-74(73-84-86(80,81)83-71-70-77(3,4)5)72-82-75(78)68-66-64-62-60-58-56-54-52-50-48-46-44-42-40-35-33-31-29-27-25-23-21-19-17-15-13-11-9-7-2/h8-11,14-17,20-23,26-29,32-35,37-38,74H,6-7,12-13,18-19,24-25,30-31,36,39-73H2,1-5H3/p+1/b10-8-,11-9-,16-14-,17-15-,22-20-,23-21-,28-26-,29-27-,34-32-,35-33-,38-37-. The van der Waals surface area contributed by atoms with Gasteiger partial charge in [0.15, 0.2) is 6.10 Å². The van der Waals surface area contributed by atoms with Crippen LogP contribution in [0.1, 0.15) is 284 Å². The van der Waals surface area contributed by atoms with Crippen LogP contribution in [-0.4, -0.2) is 74.9 Å². The number of phosphoric ester groups is 1. The van der Waals surface area contributed by atoms with Crippen LogP contribution in [0.2, 0.25) is 0 Å². The number of allylic oxidation sites excluding steroid dienone is 22. The summed E-state index contributed by atoms with van der Waals surface area (Å²) >= 11 is 0. The van der Waals surface area contributed by atoms with Gasteiger partial charge in [-0.2, -0.15) is 0 Å². The van der Waals surface area contributed by atoms with E-state index in [0.29, 0.717) is 17.4 Å². The van der Waals surface area contributed by atoms with Crippen LogP contribution < -0.4 is 0 Å². The number of carbonyl (C=O) groups excluding carboxylic acids is 2. The molecule has 0 aliphatic heterocycles. The van der Waals surface area contributed by atoms with Gasteiger partial charge >= 0.3 is 19.8 Å². The molecule has 0 saturated carbocycles. The van der Waals surface area contributed by atoms with E-state index < -0.39 is 26.5 Å². The van der Waals surface area contributed by atoms with Crippen molar-refractivity contribution in [2.75, 3.05) is 47.5 Å². The highest BCUT2D eigenvalue weighted by Crippen LogP contribution is 2.43. The van der Waals surface area contributed by atoms with Gasteiger partial charge in [-0.1, -0.05) is 295 Å². The smallest absolute Gasteiger partial charge is 0.462 e. The third-order valence-electron chi connectivity index (χ3n) is 14.7. The van der Waals surface area contributed by atoms with Crippen LogP contribution in [0.15, 0.2) is 134 Å². The highest BCUT2D eigenvalue weighted by Gasteiger charge is 2.27. The summed E-state index contributed by atoms with van der Waals surface area (Å²) in [7, 11) is 1.47. The summed E-state index contributed by atoms with van der Waals surface area (Å²) in [6.07, 6.45) is 95.5. The van der Waals surface area contributed by atoms with Crippen LogP contribution >= 0.6 is 7.82 Å². The SMILES string of the molecule is CC/C=C\C/C=C\C/C=C\C/C=C\C/C=C\C/C=C\CCCCCCCCCCCCCCCCC(=O)OC(COC(=O)CCCCCCCCCCCCCCC/C=C\C/C=C\C/C=C\C/C=C\C/C=C\CC)COP(=O)(O)OCC[N+](C)(C)C. The molecule has 492 valence electrons. The number of unbranched alkanes of at least 4 members (excludes halogenated alkanes) is 27. The number of esters is 2. The Morgan fingerprint density at radius 2 is 0.628 bits per heavy atom. The van der Waals surface area contributed by atoms with Gasteiger partial charge in [0.1, 0.15) is 19.8 Å². The topological polar surface area (TPSA) is 108 Å². The van der Waals surface area contributed by atoms with E-state index in [1.54, 1.807) is 0 Å². The van der Waals surface area contributed by atoms with Crippen molar-refractivity contribution < 1.29 is 42.1 Å². The van der Waals surface area contributed by atoms with E-state index in [9.17, 15) is 19.0 Å². The van der Waals surface area contributed by atoms with Gasteiger partial charge < -0.3 is 18.9 Å². The number of phosphoric acid groups is 1. The molecule has 0 saturated heterocycles. The number of nitrogens with zero attached hydrogens (tertiary/aromatic N) is 1. The van der Waals surface area contributed by atoms with Crippen LogP contribution in [0.25, 0.3) is 0 Å². The molecule has 0 bridgehead atoms. The Balaban J connectivity index is 4.07. The summed E-state index contributed by atoms with van der Waals surface area (Å²) in [4.78, 5) is 35.9. The number of hydrogen-bond acceptors (Lipinski definition) is 7. The van der Waals surface area contributed by atoms with Crippen molar-refractivity contribution in [2.24, 2.45) is 0 Å². The maximum atomic E-state index is 12.9. The molecule has 0 fully saturated rings. The van der Waals surface area contributed by atoms with Crippen molar-refractivity contribution in [3.63, 3.8) is 0 Å². The zero-order valence-electron chi connectivity index (χ0n) is 56.0. The van der Waals surface area contributed by atoms with Crippen LogP contribution in [0.3, 0.4) is 0 Å². The predicted octanol–water partition coefficient (Wildman–Crippen LogP) is 22.8. The molecule has 0 rings (SSSR count). The van der Waals surface area contributed by atoms with E-state index in [0.717, 1.165) is 109 Å². The highest BCUT2D eigenvalue weighted by molar-refractivity contribution is 7.47. The summed E-state index contributed by atoms with van der Waals surface area (Å²) in [6.45, 7) is 4.22. The van der Waals surface area contributed by atoms with Gasteiger partial charge in [0, 0.05) is 12.8 Å². The molecule has 0 aromatic rings. The molecular weight excluding hydrogens is 1090 g/mol. The van der Waals surface area contributed by atoms with Crippen LogP contribution in [0.4, 0.5) is 0 Å². The van der Waals surface area contributed by atoms with Crippen molar-refractivity contribution >= 4 is 19.8 Å². The number of carbonyl (C=O) groups is 2. The summed E-state index contributed by atoms with van der Waals surface area (Å²) in [5, 5.41) is 0. The number of rotatable bonds is 63. The summed E-state index contributed by atoms with van der Waals surface area (Å²) in [6, 6.07) is 0. The minimum absolute atomic E-state index is 0.0266. The predicted molar refractivity (Wildman–Crippen MR) is 371 cm³/mol. The normalized spacial score (nSPS) is 14.0. The molecule has 0 aromatic carbocycles. The molecule has 9 nitrogen and oxygen atoms in total. The molecule has 0 aliphatic carbocycles. The maximum Gasteiger partial charge on any atom is 0.472 e. The molecular formula is C76H131NO8P+. The Morgan fingerprint density at radius 3 is 0.930 bits per heavy atom. The maximum absolute atomic E-state index is 12.9. The van der Waals surface area contributed by atoms with Gasteiger partial charge in [0.05, 0.1) is 27.7 Å². The van der Waals surface area contributed by atoms with Crippen molar-refractivity contribution in [3.05, 3.63) is 134 Å². The summed E-state index contributed by atoms with van der Waals surface area (Å²) < 4.78 is 34.7. The fourth-order valence-corrected chi connectivity index (χ4v) is 10.1. The Labute approximate surface area is 530 Å². The fourth-order valence-electron chi connectivity index (χ4n) is 9.40. The Kier molecular flexibility index (Phi) is 62.7. The Bertz CT molecular complexity index is 1910. The quantitative estimate of drug-likeness (QED) is 0.0211. The minimum atomic E-state index is -4.40. The van der Waals surface area contributed by atoms with Gasteiger partial charge in [0.2, 0.25) is 0 Å². The number of ether oxygens (including phenoxy) is 2. The van der Waals surface area contributed by atoms with Crippen LogP contribution in [-0.2, 0) is 32.7 Å². The van der Waals surface area contributed by atoms with E-state index in [4.69, 9.17) is 18.5 Å². The van der Waals surface area contributed by atoms with Crippen LogP contribution in [0.5, 0.6) is 0 Å². The van der Waals surface area contributed by atoms with E-state index >= 15 is 0 Å². The third kappa shape index (κ3) is 69.3. The Morgan fingerprint density at radius 1 is 0.360 bits per heavy atom. The lowest BCUT2D eigenvalue weighted by Crippen LogP contribution is -2.37. The van der Waals surface area contributed by atoms with Gasteiger partial charge in [-0.05, 0) is 109 Å². The van der Waals surface area contributed by atoms with Crippen molar-refractivity contribution in [2.45, 2.75) is 290 Å². The average Bonchev–Trinajstić information content (AvgIpc) is 3.70. The molecule has 0 aromatic heterocycles. The van der Waals surface area contributed by atoms with Crippen molar-refractivity contribution in [1.82, 2.24) is 0 Å². The molecule has 1 N–H and O–H groups in total. The van der Waals surface area contributed by atoms with Gasteiger partial charge in [-0.3, -0.25) is 18.6 Å². The van der Waals surface area contributed by atoms with E-state index in [-0.39, 0.29) is 32.0 Å². The summed E-state index contributed by atoms with van der Waals surface area (Å²) in [5.41, 5.74) is 0. The second kappa shape index (κ2) is 65.6. The first-order chi connectivity index (χ1) is 42.0. The van der Waals surface area contributed by atoms with Crippen molar-refractivity contribution in [1.29, 1.82) is 0 Å². The molecule has 0 aliphatic rings. The lowest BCUT2D eigenvalue weighted by atomic mass is 10.0. The second-order valence-electron chi connectivity index (χ2n) is 24.2. The lowest BCUT2D eigenvalue weighted by molar-refractivity contribution is -0.870. The summed E-state index contributed by atoms with van der Waals surface area (Å²) in [5.74, 6) is -0.798. The number of quaternary nitrogens is 1. The molecule has 0 radical (unpaired) electrons. The van der Waals surface area contributed by atoms with Gasteiger partial charge in [0.25, 0.3) is 0 Å². The zero-order valence-corrected chi connectivity index (χ0v) is 56.9. The van der Waals surface area contributed by atoms with Gasteiger partial charge in [-0.15, -0.1) is 0 Å². The number of likely N-dealkylation sites (N-methyl/N-ethyl adjacent to an activating group) is 1. The Hall–Kier alpha value is -3.85. The monoisotopic (exact) mass is 1220 g/mol. The van der Waals surface area contributed by atoms with Gasteiger partial charge in [-0.25, -0.2) is 4.57 Å². The third-order valence-corrected chi connectivity index (χ3v) is 15.7. The minimum Gasteiger partial charge on any atom is -0.462 e. The average molecular weight is 1220 g/mol. The zero-order chi connectivity index (χ0) is 62.6. The van der Waals surface area contributed by atoms with Crippen LogP contribution in [0, 0.1) is 0 Å². The molecule has 86 heavy (non-hydrogen) atoms. The molecule has 0 spiro atoms. The molecule has 0 amide bonds. The second-order valence-corrected chi connectivity index (χ2v) is 25.6. The molecule has 0 heterocycles. The van der Waals surface area contributed by atoms with E-state index in [1.807, 2.05) is 21.1 Å². The number of hydrogen-bond donors (Lipinski definition) is 1. The molecule has 2 unspecified atom stereocenters. The highest BCUT2D eigenvalue weighted by atomic mass is 31.2. The lowest BCUT2D eigenvalue weighted by Gasteiger charge is -2.24. The fraction of sp³-hybridized carbons (Fsp3) is 0.684.